The third kappa shape index (κ3) is 3.01. The van der Waals surface area contributed by atoms with E-state index in [0.29, 0.717) is 29.0 Å². The van der Waals surface area contributed by atoms with Crippen LogP contribution >= 0.6 is 0 Å². The molecular formula is C21H21F3N2O2. The molecule has 0 radical (unpaired) electrons. The second-order valence-corrected chi connectivity index (χ2v) is 8.77. The van der Waals surface area contributed by atoms with Crippen molar-refractivity contribution in [1.29, 1.82) is 0 Å². The Balaban J connectivity index is 1.31. The SMILES string of the molecule is O=C(Nc1nc(-c2ccc(C(F)(F)F)cc2)co1)C12CC3CC(CC(C3)C1)C2. The molecule has 7 heteroatoms. The average Bonchev–Trinajstić information content (AvgIpc) is 3.08. The average molecular weight is 390 g/mol. The summed E-state index contributed by atoms with van der Waals surface area (Å²) in [4.78, 5) is 17.3. The maximum Gasteiger partial charge on any atom is 0.416 e. The number of oxazole rings is 1. The molecular weight excluding hydrogens is 369 g/mol. The lowest BCUT2D eigenvalue weighted by Gasteiger charge is -2.55. The molecule has 1 heterocycles. The Morgan fingerprint density at radius 3 is 2.14 bits per heavy atom. The van der Waals surface area contributed by atoms with Gasteiger partial charge in [0, 0.05) is 5.56 Å². The van der Waals surface area contributed by atoms with Crippen LogP contribution in [0.25, 0.3) is 11.3 Å². The quantitative estimate of drug-likeness (QED) is 0.751. The number of hydrogen-bond acceptors (Lipinski definition) is 3. The summed E-state index contributed by atoms with van der Waals surface area (Å²) >= 11 is 0. The van der Waals surface area contributed by atoms with Crippen molar-refractivity contribution in [2.45, 2.75) is 44.7 Å². The summed E-state index contributed by atoms with van der Waals surface area (Å²) in [6, 6.07) is 4.84. The monoisotopic (exact) mass is 390 g/mol. The van der Waals surface area contributed by atoms with Gasteiger partial charge in [-0.1, -0.05) is 12.1 Å². The number of nitrogens with one attached hydrogen (secondary N) is 1. The van der Waals surface area contributed by atoms with E-state index >= 15 is 0 Å². The number of carbonyl (C=O) groups is 1. The van der Waals surface area contributed by atoms with Gasteiger partial charge in [-0.05, 0) is 68.4 Å². The molecule has 1 N–H and O–H groups in total. The number of hydrogen-bond donors (Lipinski definition) is 1. The van der Waals surface area contributed by atoms with Crippen molar-refractivity contribution in [3.05, 3.63) is 36.1 Å². The second-order valence-electron chi connectivity index (χ2n) is 8.77. The molecule has 0 unspecified atom stereocenters. The summed E-state index contributed by atoms with van der Waals surface area (Å²) in [6.45, 7) is 0. The lowest BCUT2D eigenvalue weighted by Crippen LogP contribution is -2.51. The summed E-state index contributed by atoms with van der Waals surface area (Å²) in [5.74, 6) is 1.95. The van der Waals surface area contributed by atoms with Gasteiger partial charge in [0.2, 0.25) is 5.91 Å². The molecule has 2 aromatic rings. The predicted molar refractivity (Wildman–Crippen MR) is 96.2 cm³/mol. The molecule has 1 aromatic heterocycles. The number of amides is 1. The fourth-order valence-electron chi connectivity index (χ4n) is 5.91. The minimum absolute atomic E-state index is 0.0209. The van der Waals surface area contributed by atoms with Gasteiger partial charge in [0.15, 0.2) is 0 Å². The molecule has 1 amide bonds. The first-order chi connectivity index (χ1) is 13.3. The zero-order valence-corrected chi connectivity index (χ0v) is 15.3. The molecule has 4 fully saturated rings. The van der Waals surface area contributed by atoms with Crippen LogP contribution in [0.15, 0.2) is 34.9 Å². The fourth-order valence-corrected chi connectivity index (χ4v) is 5.91. The van der Waals surface area contributed by atoms with Gasteiger partial charge in [0.05, 0.1) is 11.0 Å². The van der Waals surface area contributed by atoms with Crippen LogP contribution < -0.4 is 5.32 Å². The topological polar surface area (TPSA) is 55.1 Å². The van der Waals surface area contributed by atoms with E-state index in [-0.39, 0.29) is 17.3 Å². The van der Waals surface area contributed by atoms with Gasteiger partial charge >= 0.3 is 12.2 Å². The lowest BCUT2D eigenvalue weighted by atomic mass is 9.49. The van der Waals surface area contributed by atoms with Crippen LogP contribution in [0.2, 0.25) is 0 Å². The van der Waals surface area contributed by atoms with Crippen molar-refractivity contribution in [3.63, 3.8) is 0 Å². The first-order valence-electron chi connectivity index (χ1n) is 9.75. The maximum absolute atomic E-state index is 13.0. The van der Waals surface area contributed by atoms with Crippen molar-refractivity contribution in [2.75, 3.05) is 5.32 Å². The first kappa shape index (κ1) is 17.8. The van der Waals surface area contributed by atoms with Crippen LogP contribution in [0.4, 0.5) is 19.2 Å². The van der Waals surface area contributed by atoms with E-state index in [0.717, 1.165) is 31.4 Å². The molecule has 0 aliphatic heterocycles. The highest BCUT2D eigenvalue weighted by Gasteiger charge is 2.54. The summed E-state index contributed by atoms with van der Waals surface area (Å²) in [6.07, 6.45) is 3.57. The number of aromatic nitrogens is 1. The Kier molecular flexibility index (Phi) is 3.87. The van der Waals surface area contributed by atoms with Crippen LogP contribution in [0, 0.1) is 23.2 Å². The molecule has 1 aromatic carbocycles. The van der Waals surface area contributed by atoms with Crippen LogP contribution in [-0.4, -0.2) is 10.9 Å². The van der Waals surface area contributed by atoms with Crippen LogP contribution in [0.1, 0.15) is 44.1 Å². The van der Waals surface area contributed by atoms with E-state index < -0.39 is 11.7 Å². The molecule has 6 rings (SSSR count). The van der Waals surface area contributed by atoms with Crippen molar-refractivity contribution in [3.8, 4) is 11.3 Å². The van der Waals surface area contributed by atoms with Gasteiger partial charge in [0.25, 0.3) is 0 Å². The van der Waals surface area contributed by atoms with Crippen LogP contribution in [0.3, 0.4) is 0 Å². The maximum atomic E-state index is 13.0. The van der Waals surface area contributed by atoms with E-state index in [2.05, 4.69) is 10.3 Å². The number of anilines is 1. The van der Waals surface area contributed by atoms with Crippen molar-refractivity contribution in [1.82, 2.24) is 4.98 Å². The van der Waals surface area contributed by atoms with Crippen molar-refractivity contribution < 1.29 is 22.4 Å². The predicted octanol–water partition coefficient (Wildman–Crippen LogP) is 5.52. The van der Waals surface area contributed by atoms with Gasteiger partial charge in [0.1, 0.15) is 12.0 Å². The molecule has 148 valence electrons. The van der Waals surface area contributed by atoms with Crippen LogP contribution in [0.5, 0.6) is 0 Å². The van der Waals surface area contributed by atoms with E-state index in [9.17, 15) is 18.0 Å². The Morgan fingerprint density at radius 1 is 1.04 bits per heavy atom. The molecule has 0 atom stereocenters. The second kappa shape index (κ2) is 6.09. The summed E-state index contributed by atoms with van der Waals surface area (Å²) in [7, 11) is 0. The van der Waals surface area contributed by atoms with Gasteiger partial charge in [-0.2, -0.15) is 18.2 Å². The molecule has 4 aliphatic rings. The highest BCUT2D eigenvalue weighted by Crippen LogP contribution is 2.60. The lowest BCUT2D eigenvalue weighted by molar-refractivity contribution is -0.140. The number of halogens is 3. The Bertz CT molecular complexity index is 866. The number of carbonyl (C=O) groups excluding carboxylic acids is 1. The summed E-state index contributed by atoms with van der Waals surface area (Å²) < 4.78 is 43.5. The van der Waals surface area contributed by atoms with E-state index in [1.165, 1.54) is 37.7 Å². The van der Waals surface area contributed by atoms with E-state index in [1.807, 2.05) is 0 Å². The third-order valence-corrected chi connectivity index (χ3v) is 6.75. The first-order valence-corrected chi connectivity index (χ1v) is 9.75. The Morgan fingerprint density at radius 2 is 1.61 bits per heavy atom. The van der Waals surface area contributed by atoms with Crippen molar-refractivity contribution >= 4 is 11.9 Å². The minimum Gasteiger partial charge on any atom is -0.431 e. The molecule has 4 aliphatic carbocycles. The molecule has 0 saturated heterocycles. The minimum atomic E-state index is -4.38. The number of benzene rings is 1. The molecule has 0 spiro atoms. The normalized spacial score (nSPS) is 31.2. The van der Waals surface area contributed by atoms with Gasteiger partial charge in [-0.25, -0.2) is 0 Å². The standard InChI is InChI=1S/C21H21F3N2O2/c22-21(23,24)16-3-1-15(2-4-16)17-11-28-19(25-17)26-18(27)20-8-12-5-13(9-20)7-14(6-12)10-20/h1-4,11-14H,5-10H2,(H,25,26,27). The largest absolute Gasteiger partial charge is 0.431 e. The Hall–Kier alpha value is -2.31. The van der Waals surface area contributed by atoms with Gasteiger partial charge < -0.3 is 4.42 Å². The van der Waals surface area contributed by atoms with Gasteiger partial charge in [-0.15, -0.1) is 0 Å². The molecule has 4 bridgehead atoms. The van der Waals surface area contributed by atoms with E-state index in [4.69, 9.17) is 4.42 Å². The highest BCUT2D eigenvalue weighted by atomic mass is 19.4. The molecule has 28 heavy (non-hydrogen) atoms. The smallest absolute Gasteiger partial charge is 0.416 e. The zero-order chi connectivity index (χ0) is 19.5. The van der Waals surface area contributed by atoms with Gasteiger partial charge in [-0.3, -0.25) is 10.1 Å². The number of alkyl halides is 3. The fraction of sp³-hybridized carbons (Fsp3) is 0.524. The molecule has 4 nitrogen and oxygen atoms in total. The van der Waals surface area contributed by atoms with Crippen molar-refractivity contribution in [2.24, 2.45) is 23.2 Å². The highest BCUT2D eigenvalue weighted by molar-refractivity contribution is 5.94. The molecule has 4 saturated carbocycles. The third-order valence-electron chi connectivity index (χ3n) is 6.75. The number of nitrogens with zero attached hydrogens (tertiary/aromatic N) is 1. The zero-order valence-electron chi connectivity index (χ0n) is 15.3. The summed E-state index contributed by atoms with van der Waals surface area (Å²) in [5.41, 5.74) is -0.116. The van der Waals surface area contributed by atoms with E-state index in [1.54, 1.807) is 0 Å². The van der Waals surface area contributed by atoms with Crippen LogP contribution in [-0.2, 0) is 11.0 Å². The Labute approximate surface area is 160 Å². The number of rotatable bonds is 3. The summed E-state index contributed by atoms with van der Waals surface area (Å²) in [5, 5.41) is 2.83.